The lowest BCUT2D eigenvalue weighted by Crippen LogP contribution is -2.44. The monoisotopic (exact) mass is 487 g/mol. The van der Waals surface area contributed by atoms with Gasteiger partial charge in [0.05, 0.1) is 6.61 Å². The summed E-state index contributed by atoms with van der Waals surface area (Å²) in [5, 5.41) is 17.7. The van der Waals surface area contributed by atoms with E-state index in [2.05, 4.69) is 37.5 Å². The zero-order valence-corrected chi connectivity index (χ0v) is 20.0. The fraction of sp³-hybridized carbons (Fsp3) is 0.435. The van der Waals surface area contributed by atoms with Crippen LogP contribution in [-0.4, -0.2) is 69.5 Å². The van der Waals surface area contributed by atoms with Gasteiger partial charge in [-0.2, -0.15) is 10.1 Å². The van der Waals surface area contributed by atoms with Crippen LogP contribution >= 0.6 is 0 Å². The van der Waals surface area contributed by atoms with Crippen LogP contribution in [0.4, 0.5) is 16.0 Å². The molecule has 1 fully saturated rings. The normalized spacial score (nSPS) is 13.6. The Morgan fingerprint density at radius 2 is 2.09 bits per heavy atom. The van der Waals surface area contributed by atoms with Gasteiger partial charge in [0.2, 0.25) is 11.8 Å². The highest BCUT2D eigenvalue weighted by molar-refractivity contribution is 6.06. The van der Waals surface area contributed by atoms with Crippen LogP contribution < -0.4 is 20.3 Å². The van der Waals surface area contributed by atoms with Gasteiger partial charge in [-0.15, -0.1) is 0 Å². The van der Waals surface area contributed by atoms with Crippen LogP contribution in [0.3, 0.4) is 0 Å². The third-order valence-corrected chi connectivity index (χ3v) is 5.55. The smallest absolute Gasteiger partial charge is 0.290 e. The zero-order chi connectivity index (χ0) is 25.4. The van der Waals surface area contributed by atoms with Gasteiger partial charge in [0, 0.05) is 43.1 Å². The number of halogens is 1. The maximum Gasteiger partial charge on any atom is 0.290 e. The molecule has 3 aromatic rings. The fourth-order valence-corrected chi connectivity index (χ4v) is 4.06. The van der Waals surface area contributed by atoms with E-state index in [4.69, 9.17) is 14.6 Å². The SMILES string of the molecule is CCOc1nc(N(CC)C2CCNCC2)ncc1C(=O)Nc1cc(F)c2nn(C)cc2c1.O=CO. The fourth-order valence-electron chi connectivity index (χ4n) is 4.06. The highest BCUT2D eigenvalue weighted by Crippen LogP contribution is 2.25. The molecular weight excluding hydrogens is 457 g/mol. The lowest BCUT2D eigenvalue weighted by atomic mass is 10.1. The summed E-state index contributed by atoms with van der Waals surface area (Å²) in [6, 6.07) is 3.26. The number of carbonyl (C=O) groups is 2. The van der Waals surface area contributed by atoms with Crippen molar-refractivity contribution in [2.75, 3.05) is 36.5 Å². The minimum absolute atomic E-state index is 0.198. The van der Waals surface area contributed by atoms with Gasteiger partial charge >= 0.3 is 0 Å². The van der Waals surface area contributed by atoms with Gasteiger partial charge in [0.15, 0.2) is 5.82 Å². The summed E-state index contributed by atoms with van der Waals surface area (Å²) >= 11 is 0. The molecule has 4 rings (SSSR count). The number of ether oxygens (including phenoxy) is 1. The standard InChI is InChI=1S/C22H28FN7O2.CH2O2/c1-4-30(16-6-8-24-9-7-16)22-25-12-17(21(27-22)32-5-2)20(31)26-15-10-14-13-29(3)28-19(14)18(23)11-15;2-1-3/h10-13,16,24H,4-9H2,1-3H3,(H,26,31);1H,(H,2,3). The maximum absolute atomic E-state index is 14.4. The van der Waals surface area contributed by atoms with E-state index < -0.39 is 11.7 Å². The summed E-state index contributed by atoms with van der Waals surface area (Å²) in [7, 11) is 1.72. The molecule has 12 heteroatoms. The molecule has 0 atom stereocenters. The molecule has 1 aliphatic rings. The Kier molecular flexibility index (Phi) is 8.90. The average molecular weight is 488 g/mol. The highest BCUT2D eigenvalue weighted by atomic mass is 19.1. The van der Waals surface area contributed by atoms with E-state index in [0.717, 1.165) is 32.5 Å². The summed E-state index contributed by atoms with van der Waals surface area (Å²) in [4.78, 5) is 32.5. The number of carbonyl (C=O) groups excluding carboxylic acids is 1. The topological polar surface area (TPSA) is 134 Å². The quantitative estimate of drug-likeness (QED) is 0.430. The number of hydrogen-bond acceptors (Lipinski definition) is 8. The van der Waals surface area contributed by atoms with Crippen molar-refractivity contribution in [1.82, 2.24) is 25.1 Å². The zero-order valence-electron chi connectivity index (χ0n) is 20.0. The molecule has 2 aromatic heterocycles. The molecule has 0 bridgehead atoms. The molecule has 3 N–H and O–H groups in total. The van der Waals surface area contributed by atoms with E-state index in [1.54, 1.807) is 19.3 Å². The second-order valence-corrected chi connectivity index (χ2v) is 7.85. The second kappa shape index (κ2) is 12.1. The molecule has 0 radical (unpaired) electrons. The summed E-state index contributed by atoms with van der Waals surface area (Å²) in [5.41, 5.74) is 0.777. The summed E-state index contributed by atoms with van der Waals surface area (Å²) < 4.78 is 21.6. The van der Waals surface area contributed by atoms with Gasteiger partial charge in [0.1, 0.15) is 11.1 Å². The Bertz CT molecular complexity index is 1160. The van der Waals surface area contributed by atoms with Crippen LogP contribution in [0.2, 0.25) is 0 Å². The van der Waals surface area contributed by atoms with Gasteiger partial charge in [-0.3, -0.25) is 14.3 Å². The van der Waals surface area contributed by atoms with Crippen molar-refractivity contribution in [3.05, 3.63) is 35.9 Å². The van der Waals surface area contributed by atoms with Crippen molar-refractivity contribution < 1.29 is 23.8 Å². The van der Waals surface area contributed by atoms with Gasteiger partial charge < -0.3 is 25.4 Å². The van der Waals surface area contributed by atoms with E-state index >= 15 is 0 Å². The van der Waals surface area contributed by atoms with Crippen molar-refractivity contribution in [3.8, 4) is 5.88 Å². The minimum atomic E-state index is -0.504. The molecule has 35 heavy (non-hydrogen) atoms. The second-order valence-electron chi connectivity index (χ2n) is 7.85. The van der Waals surface area contributed by atoms with Gasteiger partial charge in [-0.25, -0.2) is 9.37 Å². The first-order valence-electron chi connectivity index (χ1n) is 11.4. The molecule has 3 heterocycles. The van der Waals surface area contributed by atoms with Crippen molar-refractivity contribution >= 4 is 34.9 Å². The van der Waals surface area contributed by atoms with Crippen LogP contribution in [0.15, 0.2) is 24.5 Å². The van der Waals surface area contributed by atoms with E-state index in [1.165, 1.54) is 16.9 Å². The Morgan fingerprint density at radius 1 is 1.37 bits per heavy atom. The molecule has 0 aliphatic carbocycles. The lowest BCUT2D eigenvalue weighted by molar-refractivity contribution is -0.122. The number of aromatic nitrogens is 4. The van der Waals surface area contributed by atoms with Crippen molar-refractivity contribution in [2.45, 2.75) is 32.7 Å². The van der Waals surface area contributed by atoms with Gasteiger partial charge in [-0.05, 0) is 51.9 Å². The van der Waals surface area contributed by atoms with Gasteiger partial charge in [0.25, 0.3) is 12.4 Å². The maximum atomic E-state index is 14.4. The molecular formula is C23H30FN7O4. The number of benzene rings is 1. The molecule has 1 aromatic carbocycles. The minimum Gasteiger partial charge on any atom is -0.483 e. The summed E-state index contributed by atoms with van der Waals surface area (Å²) in [6.45, 7) is 6.67. The Labute approximate surface area is 202 Å². The number of hydrogen-bond donors (Lipinski definition) is 3. The number of aryl methyl sites for hydroxylation is 1. The first-order chi connectivity index (χ1) is 16.9. The van der Waals surface area contributed by atoms with E-state index in [0.29, 0.717) is 29.7 Å². The van der Waals surface area contributed by atoms with Crippen LogP contribution in [0, 0.1) is 5.82 Å². The van der Waals surface area contributed by atoms with E-state index in [1.807, 2.05) is 6.92 Å². The molecule has 0 saturated carbocycles. The largest absolute Gasteiger partial charge is 0.483 e. The number of amides is 1. The highest BCUT2D eigenvalue weighted by Gasteiger charge is 2.24. The molecule has 0 spiro atoms. The third-order valence-electron chi connectivity index (χ3n) is 5.55. The van der Waals surface area contributed by atoms with Crippen molar-refractivity contribution in [3.63, 3.8) is 0 Å². The Hall–Kier alpha value is -3.80. The Balaban J connectivity index is 0.00000108. The van der Waals surface area contributed by atoms with Gasteiger partial charge in [-0.1, -0.05) is 0 Å². The van der Waals surface area contributed by atoms with Crippen LogP contribution in [-0.2, 0) is 11.8 Å². The van der Waals surface area contributed by atoms with Crippen LogP contribution in [0.1, 0.15) is 37.0 Å². The number of nitrogens with one attached hydrogen (secondary N) is 2. The number of rotatable bonds is 7. The Morgan fingerprint density at radius 3 is 2.74 bits per heavy atom. The number of carboxylic acid groups (broad SMARTS) is 1. The first kappa shape index (κ1) is 25.8. The van der Waals surface area contributed by atoms with Crippen molar-refractivity contribution in [1.29, 1.82) is 0 Å². The van der Waals surface area contributed by atoms with Crippen molar-refractivity contribution in [2.24, 2.45) is 7.05 Å². The molecule has 1 aliphatic heterocycles. The number of nitrogens with zero attached hydrogens (tertiary/aromatic N) is 5. The number of piperidine rings is 1. The lowest BCUT2D eigenvalue weighted by Gasteiger charge is -2.34. The summed E-state index contributed by atoms with van der Waals surface area (Å²) in [6.07, 6.45) is 5.18. The number of anilines is 2. The molecule has 188 valence electrons. The first-order valence-corrected chi connectivity index (χ1v) is 11.4. The third kappa shape index (κ3) is 6.21. The predicted octanol–water partition coefficient (Wildman–Crippen LogP) is 2.43. The predicted molar refractivity (Wildman–Crippen MR) is 129 cm³/mol. The molecule has 1 saturated heterocycles. The summed E-state index contributed by atoms with van der Waals surface area (Å²) in [5.74, 6) is -0.212. The molecule has 11 nitrogen and oxygen atoms in total. The number of fused-ring (bicyclic) bond motifs is 1. The molecule has 1 amide bonds. The molecule has 0 unspecified atom stereocenters. The van der Waals surface area contributed by atoms with E-state index in [9.17, 15) is 9.18 Å². The van der Waals surface area contributed by atoms with E-state index in [-0.39, 0.29) is 23.4 Å². The van der Waals surface area contributed by atoms with Crippen LogP contribution in [0.5, 0.6) is 5.88 Å². The average Bonchev–Trinajstić information content (AvgIpc) is 3.22. The van der Waals surface area contributed by atoms with Crippen LogP contribution in [0.25, 0.3) is 10.9 Å².